The third kappa shape index (κ3) is 3.84. The van der Waals surface area contributed by atoms with E-state index in [1.807, 2.05) is 0 Å². The lowest BCUT2D eigenvalue weighted by Gasteiger charge is -2.31. The predicted octanol–water partition coefficient (Wildman–Crippen LogP) is 1.47. The molecule has 0 unspecified atom stereocenters. The summed E-state index contributed by atoms with van der Waals surface area (Å²) in [5.41, 5.74) is 1.70. The van der Waals surface area contributed by atoms with Gasteiger partial charge in [-0.2, -0.15) is 0 Å². The first kappa shape index (κ1) is 19.0. The van der Waals surface area contributed by atoms with Gasteiger partial charge < -0.3 is 9.80 Å². The molecule has 0 aromatic heterocycles. The van der Waals surface area contributed by atoms with E-state index in [1.54, 1.807) is 49.2 Å². The highest BCUT2D eigenvalue weighted by Gasteiger charge is 2.31. The summed E-state index contributed by atoms with van der Waals surface area (Å²) in [4.78, 5) is 28.5. The smallest absolute Gasteiger partial charge is 0.231 e. The minimum absolute atomic E-state index is 0.0948. The molecule has 1 amide bonds. The van der Waals surface area contributed by atoms with Crippen LogP contribution in [0.4, 0.5) is 11.4 Å². The summed E-state index contributed by atoms with van der Waals surface area (Å²) in [5, 5.41) is 0. The van der Waals surface area contributed by atoms with Crippen LogP contribution in [-0.4, -0.2) is 59.0 Å². The molecule has 0 saturated heterocycles. The third-order valence-corrected chi connectivity index (χ3v) is 5.22. The highest BCUT2D eigenvalue weighted by Crippen LogP contribution is 2.33. The number of sulfonamides is 1. The van der Waals surface area contributed by atoms with Crippen LogP contribution in [0.25, 0.3) is 0 Å². The van der Waals surface area contributed by atoms with Crippen LogP contribution in [0.15, 0.2) is 30.0 Å². The summed E-state index contributed by atoms with van der Waals surface area (Å²) in [6, 6.07) is 4.76. The second-order valence-electron chi connectivity index (χ2n) is 6.21. The lowest BCUT2D eigenvalue weighted by molar-refractivity contribution is -0.118. The van der Waals surface area contributed by atoms with Gasteiger partial charge in [-0.1, -0.05) is 6.92 Å². The van der Waals surface area contributed by atoms with E-state index in [9.17, 15) is 18.0 Å². The number of anilines is 2. The van der Waals surface area contributed by atoms with Gasteiger partial charge in [0, 0.05) is 44.9 Å². The summed E-state index contributed by atoms with van der Waals surface area (Å²) in [6.45, 7) is 1.97. The topological polar surface area (TPSA) is 78.0 Å². The van der Waals surface area contributed by atoms with Gasteiger partial charge in [-0.05, 0) is 18.2 Å². The van der Waals surface area contributed by atoms with Gasteiger partial charge in [0.15, 0.2) is 5.78 Å². The number of rotatable bonds is 4. The maximum atomic E-state index is 12.8. The SMILES string of the molecule is CCC(=O)N1C/C(=C/N(C)C)C(=O)c2cc(N(C)S(C)(=O)=O)ccc21. The zero-order valence-corrected chi connectivity index (χ0v) is 15.9. The zero-order valence-electron chi connectivity index (χ0n) is 15.1. The lowest BCUT2D eigenvalue weighted by Crippen LogP contribution is -2.39. The van der Waals surface area contributed by atoms with E-state index in [1.165, 1.54) is 13.1 Å². The Labute approximate surface area is 148 Å². The number of benzene rings is 1. The second kappa shape index (κ2) is 6.87. The van der Waals surface area contributed by atoms with Crippen molar-refractivity contribution in [3.05, 3.63) is 35.5 Å². The molecule has 0 spiro atoms. The average Bonchev–Trinajstić information content (AvgIpc) is 2.54. The molecule has 0 saturated carbocycles. The van der Waals surface area contributed by atoms with E-state index in [2.05, 4.69) is 0 Å². The van der Waals surface area contributed by atoms with Crippen LogP contribution in [0.2, 0.25) is 0 Å². The molecule has 136 valence electrons. The number of fused-ring (bicyclic) bond motifs is 1. The normalized spacial score (nSPS) is 16.0. The Kier molecular flexibility index (Phi) is 5.22. The maximum absolute atomic E-state index is 12.8. The van der Waals surface area contributed by atoms with Crippen molar-refractivity contribution in [2.45, 2.75) is 13.3 Å². The molecule has 0 fully saturated rings. The van der Waals surface area contributed by atoms with Gasteiger partial charge in [0.2, 0.25) is 15.9 Å². The van der Waals surface area contributed by atoms with E-state index >= 15 is 0 Å². The van der Waals surface area contributed by atoms with Crippen LogP contribution in [0.5, 0.6) is 0 Å². The van der Waals surface area contributed by atoms with Crippen molar-refractivity contribution >= 4 is 33.1 Å². The number of carbonyl (C=O) groups is 2. The van der Waals surface area contributed by atoms with Gasteiger partial charge in [0.05, 0.1) is 24.2 Å². The Hall–Kier alpha value is -2.35. The van der Waals surface area contributed by atoms with E-state index < -0.39 is 10.0 Å². The third-order valence-electron chi connectivity index (χ3n) is 4.01. The first-order valence-corrected chi connectivity index (χ1v) is 9.71. The summed E-state index contributed by atoms with van der Waals surface area (Å²) in [6.07, 6.45) is 3.10. The quantitative estimate of drug-likeness (QED) is 0.755. The standard InChI is InChI=1S/C17H23N3O4S/c1-6-16(21)20-11-12(10-18(2)3)17(22)14-9-13(7-8-15(14)20)19(4)25(5,23)24/h7-10H,6,11H2,1-5H3/b12-10-. The molecular formula is C17H23N3O4S. The molecule has 1 aliphatic heterocycles. The Morgan fingerprint density at radius 2 is 1.92 bits per heavy atom. The molecule has 1 aromatic carbocycles. The lowest BCUT2D eigenvalue weighted by atomic mass is 9.95. The molecule has 0 N–H and O–H groups in total. The Morgan fingerprint density at radius 1 is 1.28 bits per heavy atom. The number of carbonyl (C=O) groups excluding carboxylic acids is 2. The van der Waals surface area contributed by atoms with Crippen molar-refractivity contribution in [1.29, 1.82) is 0 Å². The minimum atomic E-state index is -3.45. The molecule has 2 rings (SSSR count). The first-order valence-electron chi connectivity index (χ1n) is 7.86. The molecule has 8 heteroatoms. The van der Waals surface area contributed by atoms with Crippen molar-refractivity contribution in [3.63, 3.8) is 0 Å². The fourth-order valence-corrected chi connectivity index (χ4v) is 3.15. The number of nitrogens with zero attached hydrogens (tertiary/aromatic N) is 3. The fraction of sp³-hybridized carbons (Fsp3) is 0.412. The molecule has 25 heavy (non-hydrogen) atoms. The van der Waals surface area contributed by atoms with Crippen LogP contribution in [0, 0.1) is 0 Å². The number of ketones is 1. The molecular weight excluding hydrogens is 342 g/mol. The van der Waals surface area contributed by atoms with Crippen molar-refractivity contribution < 1.29 is 18.0 Å². The summed E-state index contributed by atoms with van der Waals surface area (Å²) >= 11 is 0. The Morgan fingerprint density at radius 3 is 2.44 bits per heavy atom. The number of hydrogen-bond donors (Lipinski definition) is 0. The summed E-state index contributed by atoms with van der Waals surface area (Å²) in [5.74, 6) is -0.296. The van der Waals surface area contributed by atoms with Crippen molar-refractivity contribution in [1.82, 2.24) is 4.90 Å². The van der Waals surface area contributed by atoms with Crippen LogP contribution in [-0.2, 0) is 14.8 Å². The van der Waals surface area contributed by atoms with E-state index in [0.717, 1.165) is 10.6 Å². The van der Waals surface area contributed by atoms with Gasteiger partial charge in [-0.25, -0.2) is 8.42 Å². The molecule has 0 aliphatic carbocycles. The van der Waals surface area contributed by atoms with E-state index in [4.69, 9.17) is 0 Å². The predicted molar refractivity (Wildman–Crippen MR) is 98.4 cm³/mol. The van der Waals surface area contributed by atoms with Crippen molar-refractivity contribution in [2.75, 3.05) is 43.1 Å². The summed E-state index contributed by atoms with van der Waals surface area (Å²) < 4.78 is 24.6. The Balaban J connectivity index is 2.62. The monoisotopic (exact) mass is 365 g/mol. The molecule has 0 radical (unpaired) electrons. The fourth-order valence-electron chi connectivity index (χ4n) is 2.65. The molecule has 1 aliphatic rings. The van der Waals surface area contributed by atoms with E-state index in [0.29, 0.717) is 28.9 Å². The highest BCUT2D eigenvalue weighted by atomic mass is 32.2. The number of hydrogen-bond acceptors (Lipinski definition) is 5. The molecule has 7 nitrogen and oxygen atoms in total. The van der Waals surface area contributed by atoms with E-state index in [-0.39, 0.29) is 18.2 Å². The number of Topliss-reactive ketones (excluding diaryl/α,β-unsaturated/α-hetero) is 1. The van der Waals surface area contributed by atoms with Gasteiger partial charge in [-0.3, -0.25) is 13.9 Å². The summed E-state index contributed by atoms with van der Waals surface area (Å²) in [7, 11) is 1.58. The zero-order chi connectivity index (χ0) is 18.9. The van der Waals surface area contributed by atoms with Gasteiger partial charge in [0.1, 0.15) is 0 Å². The van der Waals surface area contributed by atoms with Gasteiger partial charge in [-0.15, -0.1) is 0 Å². The largest absolute Gasteiger partial charge is 0.383 e. The molecule has 0 atom stereocenters. The maximum Gasteiger partial charge on any atom is 0.231 e. The van der Waals surface area contributed by atoms with Crippen molar-refractivity contribution in [2.24, 2.45) is 0 Å². The first-order chi connectivity index (χ1) is 11.6. The second-order valence-corrected chi connectivity index (χ2v) is 8.23. The van der Waals surface area contributed by atoms with Crippen LogP contribution in [0.1, 0.15) is 23.7 Å². The minimum Gasteiger partial charge on any atom is -0.383 e. The van der Waals surface area contributed by atoms with Crippen LogP contribution >= 0.6 is 0 Å². The number of amides is 1. The van der Waals surface area contributed by atoms with Crippen LogP contribution < -0.4 is 9.21 Å². The van der Waals surface area contributed by atoms with Gasteiger partial charge >= 0.3 is 0 Å². The van der Waals surface area contributed by atoms with Crippen LogP contribution in [0.3, 0.4) is 0 Å². The highest BCUT2D eigenvalue weighted by molar-refractivity contribution is 7.92. The Bertz CT molecular complexity index is 843. The van der Waals surface area contributed by atoms with Gasteiger partial charge in [0.25, 0.3) is 0 Å². The average molecular weight is 365 g/mol. The molecule has 0 bridgehead atoms. The molecule has 1 heterocycles. The molecule has 1 aromatic rings. The van der Waals surface area contributed by atoms with Crippen molar-refractivity contribution in [3.8, 4) is 0 Å².